The van der Waals surface area contributed by atoms with Crippen LogP contribution in [0.25, 0.3) is 10.9 Å². The number of nitrogens with one attached hydrogen (secondary N) is 2. The molecule has 1 heterocycles. The molecule has 2 aromatic rings. The molecule has 1 aromatic carbocycles. The number of aromatic nitrogens is 2. The van der Waals surface area contributed by atoms with Gasteiger partial charge in [0.2, 0.25) is 0 Å². The topological polar surface area (TPSA) is 57.8 Å². The Morgan fingerprint density at radius 3 is 3.05 bits per heavy atom. The predicted octanol–water partition coefficient (Wildman–Crippen LogP) is 2.87. The molecule has 0 unspecified atom stereocenters. The molecule has 1 amide bonds. The van der Waals surface area contributed by atoms with E-state index in [0.29, 0.717) is 17.5 Å². The van der Waals surface area contributed by atoms with Crippen molar-refractivity contribution >= 4 is 16.8 Å². The van der Waals surface area contributed by atoms with Crippen LogP contribution >= 0.6 is 0 Å². The number of carbonyl (C=O) groups is 1. The second-order valence-electron chi connectivity index (χ2n) is 5.51. The van der Waals surface area contributed by atoms with Crippen LogP contribution < -0.4 is 5.32 Å². The minimum atomic E-state index is 0.0295. The van der Waals surface area contributed by atoms with Crippen molar-refractivity contribution in [2.45, 2.75) is 38.6 Å². The average Bonchev–Trinajstić information content (AvgIpc) is 2.88. The molecule has 19 heavy (non-hydrogen) atoms. The summed E-state index contributed by atoms with van der Waals surface area (Å²) >= 11 is 0. The van der Waals surface area contributed by atoms with Gasteiger partial charge in [-0.3, -0.25) is 9.89 Å². The molecule has 100 valence electrons. The molecule has 4 nitrogen and oxygen atoms in total. The van der Waals surface area contributed by atoms with Crippen molar-refractivity contribution in [3.63, 3.8) is 0 Å². The molecule has 0 spiro atoms. The number of H-pyrrole nitrogens is 1. The number of amides is 1. The van der Waals surface area contributed by atoms with Gasteiger partial charge in [-0.05, 0) is 37.0 Å². The third-order valence-corrected chi connectivity index (χ3v) is 4.13. The van der Waals surface area contributed by atoms with Gasteiger partial charge in [-0.1, -0.05) is 19.8 Å². The first-order valence-electron chi connectivity index (χ1n) is 6.98. The highest BCUT2D eigenvalue weighted by Crippen LogP contribution is 2.24. The Kier molecular flexibility index (Phi) is 3.23. The smallest absolute Gasteiger partial charge is 0.251 e. The summed E-state index contributed by atoms with van der Waals surface area (Å²) < 4.78 is 0. The van der Waals surface area contributed by atoms with Gasteiger partial charge in [-0.25, -0.2) is 0 Å². The fourth-order valence-electron chi connectivity index (χ4n) is 2.87. The first-order chi connectivity index (χ1) is 9.24. The highest BCUT2D eigenvalue weighted by atomic mass is 16.1. The Morgan fingerprint density at radius 2 is 2.21 bits per heavy atom. The van der Waals surface area contributed by atoms with Crippen molar-refractivity contribution in [1.29, 1.82) is 0 Å². The van der Waals surface area contributed by atoms with E-state index in [-0.39, 0.29) is 5.91 Å². The first-order valence-corrected chi connectivity index (χ1v) is 6.98. The van der Waals surface area contributed by atoms with Crippen LogP contribution in [0.5, 0.6) is 0 Å². The summed E-state index contributed by atoms with van der Waals surface area (Å²) in [4.78, 5) is 12.3. The van der Waals surface area contributed by atoms with Gasteiger partial charge < -0.3 is 5.32 Å². The largest absolute Gasteiger partial charge is 0.349 e. The second-order valence-corrected chi connectivity index (χ2v) is 5.51. The molecular weight excluding hydrogens is 238 g/mol. The SMILES string of the molecule is C[C@H]1CCCC[C@H]1NC(=O)c1ccc2[nH]ncc2c1. The quantitative estimate of drug-likeness (QED) is 0.869. The maximum Gasteiger partial charge on any atom is 0.251 e. The molecule has 1 aliphatic carbocycles. The summed E-state index contributed by atoms with van der Waals surface area (Å²) in [6.45, 7) is 2.23. The van der Waals surface area contributed by atoms with E-state index in [1.165, 1.54) is 19.3 Å². The molecule has 0 aliphatic heterocycles. The predicted molar refractivity (Wildman–Crippen MR) is 75.0 cm³/mol. The molecule has 2 atom stereocenters. The molecule has 1 fully saturated rings. The van der Waals surface area contributed by atoms with E-state index >= 15 is 0 Å². The molecule has 1 aromatic heterocycles. The normalized spacial score (nSPS) is 23.4. The Morgan fingerprint density at radius 1 is 1.37 bits per heavy atom. The Bertz CT molecular complexity index is 590. The van der Waals surface area contributed by atoms with Crippen molar-refractivity contribution in [3.8, 4) is 0 Å². The van der Waals surface area contributed by atoms with Crippen molar-refractivity contribution < 1.29 is 4.79 Å². The maximum atomic E-state index is 12.3. The lowest BCUT2D eigenvalue weighted by Gasteiger charge is -2.29. The van der Waals surface area contributed by atoms with E-state index in [2.05, 4.69) is 22.4 Å². The van der Waals surface area contributed by atoms with E-state index in [1.807, 2.05) is 18.2 Å². The van der Waals surface area contributed by atoms with Crippen molar-refractivity contribution in [1.82, 2.24) is 15.5 Å². The van der Waals surface area contributed by atoms with E-state index in [1.54, 1.807) is 6.20 Å². The number of rotatable bonds is 2. The molecule has 0 bridgehead atoms. The lowest BCUT2D eigenvalue weighted by molar-refractivity contribution is 0.0910. The van der Waals surface area contributed by atoms with Crippen molar-refractivity contribution in [2.75, 3.05) is 0 Å². The summed E-state index contributed by atoms with van der Waals surface area (Å²) in [6.07, 6.45) is 6.56. The zero-order valence-corrected chi connectivity index (χ0v) is 11.1. The van der Waals surface area contributed by atoms with Crippen LogP contribution in [0, 0.1) is 5.92 Å². The summed E-state index contributed by atoms with van der Waals surface area (Å²) in [7, 11) is 0. The number of aromatic amines is 1. The zero-order valence-electron chi connectivity index (χ0n) is 11.1. The van der Waals surface area contributed by atoms with E-state index in [9.17, 15) is 4.79 Å². The van der Waals surface area contributed by atoms with Crippen LogP contribution in [-0.2, 0) is 0 Å². The van der Waals surface area contributed by atoms with Crippen LogP contribution in [0.15, 0.2) is 24.4 Å². The van der Waals surface area contributed by atoms with Crippen LogP contribution in [0.3, 0.4) is 0 Å². The van der Waals surface area contributed by atoms with Crippen LogP contribution in [0.2, 0.25) is 0 Å². The molecule has 0 radical (unpaired) electrons. The van der Waals surface area contributed by atoms with Gasteiger partial charge in [0.15, 0.2) is 0 Å². The number of hydrogen-bond acceptors (Lipinski definition) is 2. The standard InChI is InChI=1S/C15H19N3O/c1-10-4-2-3-5-13(10)17-15(19)11-6-7-14-12(8-11)9-16-18-14/h6-10,13H,2-5H2,1H3,(H,16,18)(H,17,19)/t10-,13+/m0/s1. The fraction of sp³-hybridized carbons (Fsp3) is 0.467. The zero-order chi connectivity index (χ0) is 13.2. The Balaban J connectivity index is 1.75. The third kappa shape index (κ3) is 2.48. The minimum Gasteiger partial charge on any atom is -0.349 e. The monoisotopic (exact) mass is 257 g/mol. The van der Waals surface area contributed by atoms with Crippen molar-refractivity contribution in [3.05, 3.63) is 30.0 Å². The number of fused-ring (bicyclic) bond motifs is 1. The summed E-state index contributed by atoms with van der Waals surface area (Å²) in [5, 5.41) is 11.0. The minimum absolute atomic E-state index is 0.0295. The van der Waals surface area contributed by atoms with Gasteiger partial charge in [-0.2, -0.15) is 5.10 Å². The summed E-state index contributed by atoms with van der Waals surface area (Å²) in [5.41, 5.74) is 1.68. The first kappa shape index (κ1) is 12.2. The number of carbonyl (C=O) groups excluding carboxylic acids is 1. The second kappa shape index (κ2) is 5.03. The fourth-order valence-corrected chi connectivity index (χ4v) is 2.87. The number of hydrogen-bond donors (Lipinski definition) is 2. The molecule has 4 heteroatoms. The van der Waals surface area contributed by atoms with Crippen molar-refractivity contribution in [2.24, 2.45) is 5.92 Å². The summed E-state index contributed by atoms with van der Waals surface area (Å²) in [5.74, 6) is 0.609. The maximum absolute atomic E-state index is 12.3. The van der Waals surface area contributed by atoms with Gasteiger partial charge in [0, 0.05) is 17.0 Å². The highest BCUT2D eigenvalue weighted by molar-refractivity contribution is 5.98. The number of benzene rings is 1. The van der Waals surface area contributed by atoms with Crippen LogP contribution in [0.1, 0.15) is 43.0 Å². The van der Waals surface area contributed by atoms with Crippen LogP contribution in [-0.4, -0.2) is 22.1 Å². The van der Waals surface area contributed by atoms with Gasteiger partial charge in [0.25, 0.3) is 5.91 Å². The molecule has 3 rings (SSSR count). The van der Waals surface area contributed by atoms with Gasteiger partial charge in [-0.15, -0.1) is 0 Å². The molecule has 1 aliphatic rings. The van der Waals surface area contributed by atoms with Crippen LogP contribution in [0.4, 0.5) is 0 Å². The lowest BCUT2D eigenvalue weighted by atomic mass is 9.86. The Labute approximate surface area is 112 Å². The summed E-state index contributed by atoms with van der Waals surface area (Å²) in [6, 6.07) is 5.97. The average molecular weight is 257 g/mol. The van der Waals surface area contributed by atoms with Gasteiger partial charge in [0.05, 0.1) is 11.7 Å². The Hall–Kier alpha value is -1.84. The number of nitrogens with zero attached hydrogens (tertiary/aromatic N) is 1. The van der Waals surface area contributed by atoms with E-state index < -0.39 is 0 Å². The molecule has 1 saturated carbocycles. The van der Waals surface area contributed by atoms with Gasteiger partial charge in [0.1, 0.15) is 0 Å². The highest BCUT2D eigenvalue weighted by Gasteiger charge is 2.23. The molecule has 0 saturated heterocycles. The molecule has 2 N–H and O–H groups in total. The lowest BCUT2D eigenvalue weighted by Crippen LogP contribution is -2.41. The van der Waals surface area contributed by atoms with E-state index in [4.69, 9.17) is 0 Å². The van der Waals surface area contributed by atoms with E-state index in [0.717, 1.165) is 17.3 Å². The van der Waals surface area contributed by atoms with Gasteiger partial charge >= 0.3 is 0 Å². The molecular formula is C15H19N3O. The third-order valence-electron chi connectivity index (χ3n) is 4.13.